The third-order valence-corrected chi connectivity index (χ3v) is 4.46. The van der Waals surface area contributed by atoms with Gasteiger partial charge in [0.2, 0.25) is 5.95 Å². The first-order chi connectivity index (χ1) is 10.9. The highest BCUT2D eigenvalue weighted by Crippen LogP contribution is 2.28. The maximum Gasteiger partial charge on any atom is 0.433 e. The largest absolute Gasteiger partial charge is 0.433 e. The van der Waals surface area contributed by atoms with Crippen molar-refractivity contribution in [2.75, 3.05) is 31.1 Å². The minimum Gasteiger partial charge on any atom is -0.338 e. The van der Waals surface area contributed by atoms with Gasteiger partial charge in [-0.3, -0.25) is 4.90 Å². The van der Waals surface area contributed by atoms with Crippen LogP contribution < -0.4 is 4.90 Å². The molecule has 124 valence electrons. The number of anilines is 1. The minimum atomic E-state index is -4.44. The van der Waals surface area contributed by atoms with Crippen molar-refractivity contribution in [3.8, 4) is 0 Å². The molecular formula is C14H16F3N5S. The van der Waals surface area contributed by atoms with E-state index in [1.807, 2.05) is 12.3 Å². The van der Waals surface area contributed by atoms with E-state index >= 15 is 0 Å². The van der Waals surface area contributed by atoms with Gasteiger partial charge in [-0.05, 0) is 13.0 Å². The normalized spacial score (nSPS) is 16.8. The van der Waals surface area contributed by atoms with E-state index in [4.69, 9.17) is 0 Å². The van der Waals surface area contributed by atoms with Crippen molar-refractivity contribution < 1.29 is 13.2 Å². The van der Waals surface area contributed by atoms with Crippen molar-refractivity contribution in [3.05, 3.63) is 34.0 Å². The Bertz CT molecular complexity index is 664. The molecule has 0 atom stereocenters. The van der Waals surface area contributed by atoms with Gasteiger partial charge in [0, 0.05) is 44.3 Å². The fourth-order valence-corrected chi connectivity index (χ4v) is 3.08. The third kappa shape index (κ3) is 3.97. The monoisotopic (exact) mass is 343 g/mol. The van der Waals surface area contributed by atoms with E-state index in [9.17, 15) is 13.2 Å². The van der Waals surface area contributed by atoms with Crippen LogP contribution in [-0.4, -0.2) is 46.0 Å². The lowest BCUT2D eigenvalue weighted by atomic mass is 10.3. The van der Waals surface area contributed by atoms with Gasteiger partial charge in [-0.15, -0.1) is 11.3 Å². The number of aromatic nitrogens is 3. The van der Waals surface area contributed by atoms with E-state index in [1.165, 1.54) is 0 Å². The minimum absolute atomic E-state index is 0.143. The molecule has 0 saturated carbocycles. The molecule has 1 saturated heterocycles. The first-order valence-electron chi connectivity index (χ1n) is 7.20. The SMILES string of the molecule is Cc1nc(CN2CCN(c3nccc(C(F)(F)F)n3)CC2)cs1. The van der Waals surface area contributed by atoms with Crippen LogP contribution in [-0.2, 0) is 12.7 Å². The summed E-state index contributed by atoms with van der Waals surface area (Å²) in [5.41, 5.74) is 0.138. The van der Waals surface area contributed by atoms with E-state index in [0.29, 0.717) is 13.1 Å². The smallest absolute Gasteiger partial charge is 0.338 e. The highest BCUT2D eigenvalue weighted by molar-refractivity contribution is 7.09. The molecule has 23 heavy (non-hydrogen) atoms. The predicted octanol–water partition coefficient (Wildman–Crippen LogP) is 2.58. The third-order valence-electron chi connectivity index (χ3n) is 3.64. The molecule has 3 rings (SSSR count). The summed E-state index contributed by atoms with van der Waals surface area (Å²) in [5.74, 6) is 0.143. The van der Waals surface area contributed by atoms with Gasteiger partial charge in [0.25, 0.3) is 0 Å². The van der Waals surface area contributed by atoms with Gasteiger partial charge in [0.1, 0.15) is 5.69 Å². The molecule has 2 aromatic rings. The molecule has 0 spiro atoms. The van der Waals surface area contributed by atoms with Crippen LogP contribution in [0.3, 0.4) is 0 Å². The van der Waals surface area contributed by atoms with Crippen LogP contribution in [0.1, 0.15) is 16.4 Å². The molecule has 1 aliphatic heterocycles. The van der Waals surface area contributed by atoms with Gasteiger partial charge in [-0.2, -0.15) is 13.2 Å². The lowest BCUT2D eigenvalue weighted by Gasteiger charge is -2.34. The molecule has 0 radical (unpaired) electrons. The zero-order valence-electron chi connectivity index (χ0n) is 12.5. The number of hydrogen-bond donors (Lipinski definition) is 0. The Kier molecular flexibility index (Phi) is 4.49. The highest BCUT2D eigenvalue weighted by atomic mass is 32.1. The van der Waals surface area contributed by atoms with Crippen molar-refractivity contribution >= 4 is 17.3 Å². The van der Waals surface area contributed by atoms with E-state index in [1.54, 1.807) is 16.2 Å². The van der Waals surface area contributed by atoms with Crippen LogP contribution in [0.4, 0.5) is 19.1 Å². The maximum atomic E-state index is 12.7. The van der Waals surface area contributed by atoms with Crippen molar-refractivity contribution in [2.24, 2.45) is 0 Å². The summed E-state index contributed by atoms with van der Waals surface area (Å²) in [7, 11) is 0. The highest BCUT2D eigenvalue weighted by Gasteiger charge is 2.33. The van der Waals surface area contributed by atoms with Crippen LogP contribution in [0, 0.1) is 6.92 Å². The summed E-state index contributed by atoms with van der Waals surface area (Å²) in [6, 6.07) is 0.893. The van der Waals surface area contributed by atoms with E-state index in [0.717, 1.165) is 42.6 Å². The molecular weight excluding hydrogens is 327 g/mol. The first kappa shape index (κ1) is 16.1. The molecule has 3 heterocycles. The van der Waals surface area contributed by atoms with Crippen LogP contribution in [0.15, 0.2) is 17.6 Å². The Balaban J connectivity index is 1.60. The Morgan fingerprint density at radius 2 is 1.91 bits per heavy atom. The number of thiazole rings is 1. The second-order valence-electron chi connectivity index (χ2n) is 5.36. The number of piperazine rings is 1. The summed E-state index contributed by atoms with van der Waals surface area (Å²) in [6.45, 7) is 5.43. The molecule has 9 heteroatoms. The van der Waals surface area contributed by atoms with Crippen molar-refractivity contribution in [2.45, 2.75) is 19.6 Å². The number of rotatable bonds is 3. The van der Waals surface area contributed by atoms with Crippen molar-refractivity contribution in [1.29, 1.82) is 0 Å². The molecule has 0 N–H and O–H groups in total. The van der Waals surface area contributed by atoms with Gasteiger partial charge in [-0.25, -0.2) is 15.0 Å². The van der Waals surface area contributed by atoms with Crippen LogP contribution >= 0.6 is 11.3 Å². The Morgan fingerprint density at radius 1 is 1.17 bits per heavy atom. The standard InChI is InChI=1S/C14H16F3N5S/c1-10-19-11(9-23-10)8-21-4-6-22(7-5-21)13-18-3-2-12(20-13)14(15,16)17/h2-3,9H,4-8H2,1H3. The number of aryl methyl sites for hydroxylation is 1. The quantitative estimate of drug-likeness (QED) is 0.857. The molecule has 0 aliphatic carbocycles. The van der Waals surface area contributed by atoms with E-state index in [-0.39, 0.29) is 5.95 Å². The molecule has 0 aromatic carbocycles. The number of hydrogen-bond acceptors (Lipinski definition) is 6. The van der Waals surface area contributed by atoms with Gasteiger partial charge >= 0.3 is 6.18 Å². The van der Waals surface area contributed by atoms with E-state index < -0.39 is 11.9 Å². The molecule has 5 nitrogen and oxygen atoms in total. The lowest BCUT2D eigenvalue weighted by Crippen LogP contribution is -2.46. The molecule has 0 amide bonds. The second-order valence-corrected chi connectivity index (χ2v) is 6.42. The first-order valence-corrected chi connectivity index (χ1v) is 8.08. The van der Waals surface area contributed by atoms with Gasteiger partial charge in [-0.1, -0.05) is 0 Å². The van der Waals surface area contributed by atoms with Crippen LogP contribution in [0.5, 0.6) is 0 Å². The second kappa shape index (κ2) is 6.40. The summed E-state index contributed by atoms with van der Waals surface area (Å²) < 4.78 is 38.2. The molecule has 0 unspecified atom stereocenters. The fourth-order valence-electron chi connectivity index (χ4n) is 2.47. The molecule has 0 bridgehead atoms. The Morgan fingerprint density at radius 3 is 2.52 bits per heavy atom. The van der Waals surface area contributed by atoms with Crippen LogP contribution in [0.25, 0.3) is 0 Å². The molecule has 1 aliphatic rings. The maximum absolute atomic E-state index is 12.7. The van der Waals surface area contributed by atoms with E-state index in [2.05, 4.69) is 19.9 Å². The lowest BCUT2D eigenvalue weighted by molar-refractivity contribution is -0.141. The Hall–Kier alpha value is -1.74. The van der Waals surface area contributed by atoms with Crippen molar-refractivity contribution in [3.63, 3.8) is 0 Å². The number of alkyl halides is 3. The zero-order chi connectivity index (χ0) is 16.4. The van der Waals surface area contributed by atoms with Crippen molar-refractivity contribution in [1.82, 2.24) is 19.9 Å². The van der Waals surface area contributed by atoms with Gasteiger partial charge in [0.15, 0.2) is 0 Å². The van der Waals surface area contributed by atoms with Gasteiger partial charge < -0.3 is 4.90 Å². The summed E-state index contributed by atoms with van der Waals surface area (Å²) >= 11 is 1.62. The average Bonchev–Trinajstić information content (AvgIpc) is 2.92. The summed E-state index contributed by atoms with van der Waals surface area (Å²) in [4.78, 5) is 16.1. The zero-order valence-corrected chi connectivity index (χ0v) is 13.4. The van der Waals surface area contributed by atoms with Crippen LogP contribution in [0.2, 0.25) is 0 Å². The fraction of sp³-hybridized carbons (Fsp3) is 0.500. The summed E-state index contributed by atoms with van der Waals surface area (Å²) in [5, 5.41) is 3.08. The number of nitrogens with zero attached hydrogens (tertiary/aromatic N) is 5. The van der Waals surface area contributed by atoms with Gasteiger partial charge in [0.05, 0.1) is 10.7 Å². The summed E-state index contributed by atoms with van der Waals surface area (Å²) in [6.07, 6.45) is -3.28. The molecule has 2 aromatic heterocycles. The average molecular weight is 343 g/mol. The Labute approximate surface area is 135 Å². The number of halogens is 3. The molecule has 1 fully saturated rings. The predicted molar refractivity (Wildman–Crippen MR) is 81.4 cm³/mol. The topological polar surface area (TPSA) is 45.2 Å².